The fourth-order valence-corrected chi connectivity index (χ4v) is 1.19. The molecule has 0 aliphatic heterocycles. The molecule has 5 N–H and O–H groups in total. The van der Waals surface area contributed by atoms with Gasteiger partial charge in [0.25, 0.3) is 0 Å². The highest BCUT2D eigenvalue weighted by atomic mass is 35.5. The first-order chi connectivity index (χ1) is 8.02. The van der Waals surface area contributed by atoms with Crippen LogP contribution in [0.4, 0.5) is 0 Å². The Hall–Kier alpha value is -1.50. The number of benzene rings is 1. The van der Waals surface area contributed by atoms with Crippen LogP contribution in [-0.2, 0) is 6.54 Å². The molecule has 0 aliphatic rings. The molecule has 7 heteroatoms. The normalized spacial score (nSPS) is 13.3. The second-order valence-electron chi connectivity index (χ2n) is 3.31. The van der Waals surface area contributed by atoms with Gasteiger partial charge in [0.15, 0.2) is 11.4 Å². The number of ether oxygens (including phenoxy) is 1. The molecule has 0 radical (unpaired) electrons. The maximum absolute atomic E-state index is 8.92. The predicted molar refractivity (Wildman–Crippen MR) is 66.2 cm³/mol. The van der Waals surface area contributed by atoms with E-state index in [9.17, 15) is 0 Å². The van der Waals surface area contributed by atoms with Gasteiger partial charge in [-0.25, -0.2) is 11.0 Å². The number of hydrogen-bond donors (Lipinski definition) is 3. The first-order valence-corrected chi connectivity index (χ1v) is 5.28. The second-order valence-corrected chi connectivity index (χ2v) is 3.72. The number of rotatable bonds is 5. The van der Waals surface area contributed by atoms with Crippen molar-refractivity contribution >= 4 is 17.4 Å². The van der Waals surface area contributed by atoms with Crippen LogP contribution < -0.4 is 16.3 Å². The molecule has 0 aromatic heterocycles. The molecule has 1 aromatic rings. The fraction of sp³-hybridized carbons (Fsp3) is 0.300. The van der Waals surface area contributed by atoms with Gasteiger partial charge in [-0.15, -0.1) is 5.10 Å². The van der Waals surface area contributed by atoms with Gasteiger partial charge in [-0.2, -0.15) is 0 Å². The average molecular weight is 259 g/mol. The Kier molecular flexibility index (Phi) is 5.02. The van der Waals surface area contributed by atoms with Gasteiger partial charge in [-0.3, -0.25) is 0 Å². The Labute approximate surface area is 104 Å². The molecule has 0 saturated carbocycles. The predicted octanol–water partition coefficient (Wildman–Crippen LogP) is 0.200. The fourth-order valence-electron chi connectivity index (χ4n) is 1.15. The first kappa shape index (κ1) is 13.6. The maximum Gasteiger partial charge on any atom is 0.187 e. The van der Waals surface area contributed by atoms with Gasteiger partial charge in [0.2, 0.25) is 0 Å². The third kappa shape index (κ3) is 4.48. The van der Waals surface area contributed by atoms with Crippen LogP contribution in [0.3, 0.4) is 0 Å². The minimum atomic E-state index is -1.34. The van der Waals surface area contributed by atoms with E-state index < -0.39 is 5.56 Å². The molecule has 0 fully saturated rings. The van der Waals surface area contributed by atoms with E-state index in [1.54, 1.807) is 7.11 Å². The van der Waals surface area contributed by atoms with Crippen LogP contribution in [0.1, 0.15) is 5.56 Å². The zero-order valence-corrected chi connectivity index (χ0v) is 10.1. The Balaban J connectivity index is 2.61. The van der Waals surface area contributed by atoms with Crippen LogP contribution >= 0.6 is 11.6 Å². The maximum atomic E-state index is 8.92. The van der Waals surface area contributed by atoms with Gasteiger partial charge in [0.05, 0.1) is 13.7 Å². The molecule has 0 amide bonds. The van der Waals surface area contributed by atoms with E-state index in [1.807, 2.05) is 24.3 Å². The van der Waals surface area contributed by atoms with Crippen LogP contribution in [0.15, 0.2) is 29.4 Å². The van der Waals surface area contributed by atoms with Crippen LogP contribution in [0.25, 0.3) is 0 Å². The molecule has 1 aromatic carbocycles. The number of methoxy groups -OCH3 is 1. The highest BCUT2D eigenvalue weighted by molar-refractivity contribution is 6.30. The van der Waals surface area contributed by atoms with Crippen LogP contribution in [0.5, 0.6) is 5.75 Å². The Morgan fingerprint density at radius 1 is 1.53 bits per heavy atom. The molecular weight excluding hydrogens is 244 g/mol. The lowest BCUT2D eigenvalue weighted by Crippen LogP contribution is -2.32. The molecule has 1 rings (SSSR count). The average Bonchev–Trinajstić information content (AvgIpc) is 2.29. The minimum absolute atomic E-state index is 0.150. The van der Waals surface area contributed by atoms with Gasteiger partial charge in [-0.1, -0.05) is 23.7 Å². The van der Waals surface area contributed by atoms with E-state index in [-0.39, 0.29) is 5.84 Å². The Morgan fingerprint density at radius 3 is 2.59 bits per heavy atom. The third-order valence-corrected chi connectivity index (χ3v) is 2.22. The zero-order chi connectivity index (χ0) is 12.8. The van der Waals surface area contributed by atoms with Gasteiger partial charge >= 0.3 is 0 Å². The smallest absolute Gasteiger partial charge is 0.187 e. The summed E-state index contributed by atoms with van der Waals surface area (Å²) in [7, 11) is 1.59. The number of aliphatic hydroxyl groups excluding tert-OH is 1. The molecule has 6 nitrogen and oxygen atoms in total. The summed E-state index contributed by atoms with van der Waals surface area (Å²) >= 11 is 5.32. The standard InChI is InChI=1S/C10H15ClN4O2/c1-17-8-4-2-7(3-5-8)6-15(13)14-10(12)9(11)16/h2-5,9,16H,6,13H2,1H3,(H2,12,14). The van der Waals surface area contributed by atoms with E-state index in [4.69, 9.17) is 33.0 Å². The summed E-state index contributed by atoms with van der Waals surface area (Å²) in [5.41, 5.74) is 4.93. The summed E-state index contributed by atoms with van der Waals surface area (Å²) < 4.78 is 5.03. The van der Waals surface area contributed by atoms with Crippen LogP contribution in [-0.4, -0.2) is 28.7 Å². The van der Waals surface area contributed by atoms with Crippen molar-refractivity contribution in [2.75, 3.05) is 7.11 Å². The lowest BCUT2D eigenvalue weighted by molar-refractivity contribution is 0.274. The number of halogens is 1. The number of nitrogens with zero attached hydrogens (tertiary/aromatic N) is 2. The Bertz CT molecular complexity index is 380. The van der Waals surface area contributed by atoms with Crippen molar-refractivity contribution in [3.63, 3.8) is 0 Å². The molecule has 17 heavy (non-hydrogen) atoms. The number of amidine groups is 1. The van der Waals surface area contributed by atoms with E-state index in [0.29, 0.717) is 6.54 Å². The molecule has 1 atom stereocenters. The molecule has 0 bridgehead atoms. The third-order valence-electron chi connectivity index (χ3n) is 1.99. The van der Waals surface area contributed by atoms with E-state index in [2.05, 4.69) is 5.10 Å². The topological polar surface area (TPSA) is 97.1 Å². The highest BCUT2D eigenvalue weighted by Crippen LogP contribution is 2.12. The number of aliphatic hydroxyl groups is 1. The van der Waals surface area contributed by atoms with Crippen molar-refractivity contribution in [3.05, 3.63) is 29.8 Å². The first-order valence-electron chi connectivity index (χ1n) is 4.84. The summed E-state index contributed by atoms with van der Waals surface area (Å²) in [6.45, 7) is 0.342. The monoisotopic (exact) mass is 258 g/mol. The molecule has 94 valence electrons. The molecule has 0 saturated heterocycles. The number of hydrazone groups is 1. The molecule has 1 unspecified atom stereocenters. The number of nitrogens with two attached hydrogens (primary N) is 2. The number of alkyl halides is 1. The van der Waals surface area contributed by atoms with Gasteiger partial charge in [-0.05, 0) is 17.7 Å². The van der Waals surface area contributed by atoms with Crippen molar-refractivity contribution in [1.82, 2.24) is 5.12 Å². The number of hydrogen-bond acceptors (Lipinski definition) is 5. The summed E-state index contributed by atoms with van der Waals surface area (Å²) in [6, 6.07) is 7.32. The van der Waals surface area contributed by atoms with Crippen molar-refractivity contribution in [2.24, 2.45) is 16.7 Å². The summed E-state index contributed by atoms with van der Waals surface area (Å²) in [6.07, 6.45) is 0. The van der Waals surface area contributed by atoms with Crippen molar-refractivity contribution < 1.29 is 9.84 Å². The van der Waals surface area contributed by atoms with Crippen LogP contribution in [0.2, 0.25) is 0 Å². The summed E-state index contributed by atoms with van der Waals surface area (Å²) in [5.74, 6) is 6.19. The van der Waals surface area contributed by atoms with Crippen molar-refractivity contribution in [1.29, 1.82) is 0 Å². The number of hydrazine groups is 1. The van der Waals surface area contributed by atoms with Gasteiger partial charge < -0.3 is 15.6 Å². The molecule has 0 spiro atoms. The lowest BCUT2D eigenvalue weighted by Gasteiger charge is -2.14. The minimum Gasteiger partial charge on any atom is -0.497 e. The molecular formula is C10H15ClN4O2. The van der Waals surface area contributed by atoms with E-state index in [0.717, 1.165) is 16.4 Å². The zero-order valence-electron chi connectivity index (χ0n) is 9.38. The quantitative estimate of drug-likeness (QED) is 0.230. The molecule has 0 aliphatic carbocycles. The summed E-state index contributed by atoms with van der Waals surface area (Å²) in [4.78, 5) is 0. The summed E-state index contributed by atoms with van der Waals surface area (Å²) in [5, 5.41) is 13.7. The van der Waals surface area contributed by atoms with Crippen molar-refractivity contribution in [2.45, 2.75) is 12.1 Å². The van der Waals surface area contributed by atoms with Gasteiger partial charge in [0, 0.05) is 0 Å². The van der Waals surface area contributed by atoms with E-state index >= 15 is 0 Å². The SMILES string of the molecule is COc1ccc(CN(N)/N=C(\N)C(O)Cl)cc1. The largest absolute Gasteiger partial charge is 0.497 e. The highest BCUT2D eigenvalue weighted by Gasteiger charge is 2.05. The van der Waals surface area contributed by atoms with Gasteiger partial charge in [0.1, 0.15) is 5.75 Å². The van der Waals surface area contributed by atoms with Crippen LogP contribution in [0, 0.1) is 0 Å². The molecule has 0 heterocycles. The lowest BCUT2D eigenvalue weighted by atomic mass is 10.2. The Morgan fingerprint density at radius 2 is 2.12 bits per heavy atom. The van der Waals surface area contributed by atoms with Crippen molar-refractivity contribution in [3.8, 4) is 5.75 Å². The van der Waals surface area contributed by atoms with E-state index in [1.165, 1.54) is 0 Å². The second kappa shape index (κ2) is 6.29.